The fourth-order valence-corrected chi connectivity index (χ4v) is 4.61. The summed E-state index contributed by atoms with van der Waals surface area (Å²) in [6.45, 7) is 2.71. The van der Waals surface area contributed by atoms with E-state index < -0.39 is 23.1 Å². The predicted molar refractivity (Wildman–Crippen MR) is 105 cm³/mol. The maximum Gasteiger partial charge on any atom is 0.245 e. The lowest BCUT2D eigenvalue weighted by molar-refractivity contribution is -0.138. The van der Waals surface area contributed by atoms with Crippen LogP contribution in [0.5, 0.6) is 0 Å². The lowest BCUT2D eigenvalue weighted by Crippen LogP contribution is -2.51. The number of carbonyl (C=O) groups excluding carboxylic acids is 2. The van der Waals surface area contributed by atoms with Gasteiger partial charge in [-0.15, -0.1) is 0 Å². The summed E-state index contributed by atoms with van der Waals surface area (Å²) < 4.78 is 27.6. The quantitative estimate of drug-likeness (QED) is 0.851. The van der Waals surface area contributed by atoms with Crippen LogP contribution in [-0.4, -0.2) is 22.8 Å². The van der Waals surface area contributed by atoms with Crippen molar-refractivity contribution >= 4 is 11.8 Å². The van der Waals surface area contributed by atoms with Crippen molar-refractivity contribution in [3.8, 4) is 0 Å². The first-order valence-electron chi connectivity index (χ1n) is 10.0. The van der Waals surface area contributed by atoms with Crippen LogP contribution < -0.4 is 5.32 Å². The van der Waals surface area contributed by atoms with Crippen molar-refractivity contribution in [2.45, 2.75) is 57.2 Å². The average molecular weight is 398 g/mol. The molecule has 1 aliphatic carbocycles. The molecule has 1 heterocycles. The number of halogens is 2. The zero-order valence-electron chi connectivity index (χ0n) is 16.4. The molecule has 2 amide bonds. The number of hydrogen-bond donors (Lipinski definition) is 1. The fourth-order valence-electron chi connectivity index (χ4n) is 4.61. The van der Waals surface area contributed by atoms with E-state index in [0.29, 0.717) is 31.5 Å². The molecule has 4 rings (SSSR count). The molecule has 0 saturated heterocycles. The Balaban J connectivity index is 1.50. The van der Waals surface area contributed by atoms with E-state index in [-0.39, 0.29) is 11.8 Å². The minimum atomic E-state index is -0.995. The van der Waals surface area contributed by atoms with Gasteiger partial charge in [-0.05, 0) is 48.6 Å². The molecule has 0 unspecified atom stereocenters. The van der Waals surface area contributed by atoms with Gasteiger partial charge < -0.3 is 10.2 Å². The Morgan fingerprint density at radius 1 is 1.00 bits per heavy atom. The van der Waals surface area contributed by atoms with E-state index >= 15 is 0 Å². The molecule has 2 aliphatic rings. The lowest BCUT2D eigenvalue weighted by Gasteiger charge is -2.31. The summed E-state index contributed by atoms with van der Waals surface area (Å²) in [5.74, 6) is -1.89. The molecule has 0 aromatic heterocycles. The van der Waals surface area contributed by atoms with Gasteiger partial charge in [-0.25, -0.2) is 8.78 Å². The van der Waals surface area contributed by atoms with Gasteiger partial charge in [0.2, 0.25) is 11.8 Å². The summed E-state index contributed by atoms with van der Waals surface area (Å²) in [5, 5.41) is 2.83. The van der Waals surface area contributed by atoms with Crippen LogP contribution in [0.2, 0.25) is 0 Å². The SMILES string of the molecule is C[C@H](NC(=O)C1(c2cc(F)cc(F)c2)CCCC1)C(=O)N1Cc2ccccc2C1. The molecule has 4 nitrogen and oxygen atoms in total. The van der Waals surface area contributed by atoms with Gasteiger partial charge in [-0.3, -0.25) is 9.59 Å². The van der Waals surface area contributed by atoms with Crippen molar-refractivity contribution in [3.05, 3.63) is 70.8 Å². The summed E-state index contributed by atoms with van der Waals surface area (Å²) >= 11 is 0. The van der Waals surface area contributed by atoms with Crippen LogP contribution in [0.25, 0.3) is 0 Å². The topological polar surface area (TPSA) is 49.4 Å². The Morgan fingerprint density at radius 2 is 1.55 bits per heavy atom. The zero-order valence-corrected chi connectivity index (χ0v) is 16.4. The van der Waals surface area contributed by atoms with Crippen LogP contribution in [0.1, 0.15) is 49.3 Å². The van der Waals surface area contributed by atoms with Crippen LogP contribution in [0.3, 0.4) is 0 Å². The molecule has 152 valence electrons. The van der Waals surface area contributed by atoms with Crippen molar-refractivity contribution < 1.29 is 18.4 Å². The van der Waals surface area contributed by atoms with Crippen molar-refractivity contribution in [2.75, 3.05) is 0 Å². The molecule has 1 saturated carbocycles. The molecule has 6 heteroatoms. The first kappa shape index (κ1) is 19.6. The highest BCUT2D eigenvalue weighted by molar-refractivity contribution is 5.93. The molecule has 1 N–H and O–H groups in total. The number of benzene rings is 2. The summed E-state index contributed by atoms with van der Waals surface area (Å²) in [7, 11) is 0. The largest absolute Gasteiger partial charge is 0.344 e. The third-order valence-electron chi connectivity index (χ3n) is 6.18. The van der Waals surface area contributed by atoms with Crippen LogP contribution in [0.4, 0.5) is 8.78 Å². The van der Waals surface area contributed by atoms with E-state index in [1.807, 2.05) is 24.3 Å². The Labute approximate surface area is 168 Å². The number of rotatable bonds is 4. The maximum atomic E-state index is 13.8. The fraction of sp³-hybridized carbons (Fsp3) is 0.391. The van der Waals surface area contributed by atoms with Crippen LogP contribution in [-0.2, 0) is 28.1 Å². The second-order valence-electron chi connectivity index (χ2n) is 8.11. The minimum absolute atomic E-state index is 0.159. The first-order chi connectivity index (χ1) is 13.9. The maximum absolute atomic E-state index is 13.8. The van der Waals surface area contributed by atoms with Gasteiger partial charge in [-0.2, -0.15) is 0 Å². The number of fused-ring (bicyclic) bond motifs is 1. The van der Waals surface area contributed by atoms with Gasteiger partial charge in [-0.1, -0.05) is 37.1 Å². The second-order valence-corrected chi connectivity index (χ2v) is 8.11. The summed E-state index contributed by atoms with van der Waals surface area (Å²) in [6.07, 6.45) is 2.63. The Bertz CT molecular complexity index is 908. The van der Waals surface area contributed by atoms with Gasteiger partial charge in [0.05, 0.1) is 5.41 Å². The van der Waals surface area contributed by atoms with E-state index in [0.717, 1.165) is 30.0 Å². The van der Waals surface area contributed by atoms with Crippen molar-refractivity contribution in [1.82, 2.24) is 10.2 Å². The van der Waals surface area contributed by atoms with E-state index in [4.69, 9.17) is 0 Å². The highest BCUT2D eigenvalue weighted by atomic mass is 19.1. The van der Waals surface area contributed by atoms with E-state index in [2.05, 4.69) is 5.32 Å². The van der Waals surface area contributed by atoms with Gasteiger partial charge in [0.15, 0.2) is 0 Å². The van der Waals surface area contributed by atoms with Gasteiger partial charge in [0, 0.05) is 19.2 Å². The monoisotopic (exact) mass is 398 g/mol. The molecule has 2 aromatic carbocycles. The summed E-state index contributed by atoms with van der Waals surface area (Å²) in [4.78, 5) is 27.8. The average Bonchev–Trinajstić information content (AvgIpc) is 3.34. The Hall–Kier alpha value is -2.76. The van der Waals surface area contributed by atoms with E-state index in [1.165, 1.54) is 12.1 Å². The van der Waals surface area contributed by atoms with E-state index in [9.17, 15) is 18.4 Å². The van der Waals surface area contributed by atoms with Crippen molar-refractivity contribution in [3.63, 3.8) is 0 Å². The number of carbonyl (C=O) groups is 2. The van der Waals surface area contributed by atoms with Gasteiger partial charge in [0.1, 0.15) is 17.7 Å². The molecule has 2 aromatic rings. The van der Waals surface area contributed by atoms with Gasteiger partial charge >= 0.3 is 0 Å². The summed E-state index contributed by atoms with van der Waals surface area (Å²) in [5.41, 5.74) is 1.58. The third kappa shape index (κ3) is 3.63. The predicted octanol–water partition coefficient (Wildman–Crippen LogP) is 3.82. The zero-order chi connectivity index (χ0) is 20.6. The Kier molecular flexibility index (Phi) is 5.11. The smallest absolute Gasteiger partial charge is 0.245 e. The van der Waals surface area contributed by atoms with Crippen molar-refractivity contribution in [1.29, 1.82) is 0 Å². The highest BCUT2D eigenvalue weighted by Gasteiger charge is 2.44. The molecule has 0 radical (unpaired) electrons. The third-order valence-corrected chi connectivity index (χ3v) is 6.18. The highest BCUT2D eigenvalue weighted by Crippen LogP contribution is 2.42. The number of amides is 2. The van der Waals surface area contributed by atoms with Crippen LogP contribution in [0.15, 0.2) is 42.5 Å². The van der Waals surface area contributed by atoms with E-state index in [1.54, 1.807) is 11.8 Å². The lowest BCUT2D eigenvalue weighted by atomic mass is 9.77. The molecular weight excluding hydrogens is 374 g/mol. The normalized spacial score (nSPS) is 18.4. The standard InChI is InChI=1S/C23H24F2N2O2/c1-15(21(28)27-13-16-6-2-3-7-17(16)14-27)26-22(29)23(8-4-5-9-23)18-10-19(24)12-20(25)11-18/h2-3,6-7,10-12,15H,4-5,8-9,13-14H2,1H3,(H,26,29)/t15-/m0/s1. The minimum Gasteiger partial charge on any atom is -0.344 e. The molecule has 1 fully saturated rings. The number of hydrogen-bond acceptors (Lipinski definition) is 2. The van der Waals surface area contributed by atoms with Crippen molar-refractivity contribution in [2.24, 2.45) is 0 Å². The second kappa shape index (κ2) is 7.58. The molecule has 1 atom stereocenters. The molecule has 0 spiro atoms. The first-order valence-corrected chi connectivity index (χ1v) is 10.0. The number of nitrogens with zero attached hydrogens (tertiary/aromatic N) is 1. The summed E-state index contributed by atoms with van der Waals surface area (Å²) in [6, 6.07) is 10.4. The molecule has 1 aliphatic heterocycles. The van der Waals surface area contributed by atoms with Gasteiger partial charge in [0.25, 0.3) is 0 Å². The van der Waals surface area contributed by atoms with Crippen LogP contribution in [0, 0.1) is 11.6 Å². The number of nitrogens with one attached hydrogen (secondary N) is 1. The Morgan fingerprint density at radius 3 is 2.10 bits per heavy atom. The van der Waals surface area contributed by atoms with Crippen LogP contribution >= 0.6 is 0 Å². The molecular formula is C23H24F2N2O2. The molecule has 29 heavy (non-hydrogen) atoms. The molecule has 0 bridgehead atoms.